The maximum atomic E-state index is 11.0. The van der Waals surface area contributed by atoms with Gasteiger partial charge in [-0.1, -0.05) is 38.5 Å². The van der Waals surface area contributed by atoms with Crippen molar-refractivity contribution < 1.29 is 10.2 Å². The molecule has 2 saturated carbocycles. The van der Waals surface area contributed by atoms with Gasteiger partial charge in [-0.05, 0) is 51.4 Å². The summed E-state index contributed by atoms with van der Waals surface area (Å²) in [6, 6.07) is 0. The average molecular weight is 281 g/mol. The average Bonchev–Trinajstić information content (AvgIpc) is 2.39. The summed E-state index contributed by atoms with van der Waals surface area (Å²) in [4.78, 5) is 2.10. The largest absolute Gasteiger partial charge is 0.386 e. The molecule has 0 radical (unpaired) electrons. The molecule has 0 atom stereocenters. The van der Waals surface area contributed by atoms with Crippen molar-refractivity contribution in [2.24, 2.45) is 0 Å². The topological polar surface area (TPSA) is 43.7 Å². The minimum Gasteiger partial charge on any atom is -0.386 e. The van der Waals surface area contributed by atoms with Gasteiger partial charge in [-0.2, -0.15) is 0 Å². The Kier molecular flexibility index (Phi) is 5.27. The molecule has 3 heteroatoms. The zero-order valence-corrected chi connectivity index (χ0v) is 13.2. The third kappa shape index (κ3) is 4.06. The van der Waals surface area contributed by atoms with Crippen LogP contribution in [0.25, 0.3) is 0 Å². The second-order valence-corrected chi connectivity index (χ2v) is 7.16. The Hall–Kier alpha value is -0.380. The molecule has 2 aliphatic rings. The quantitative estimate of drug-likeness (QED) is 0.779. The summed E-state index contributed by atoms with van der Waals surface area (Å²) in [5.41, 5.74) is -0.321. The smallest absolute Gasteiger partial charge is 0.0870 e. The fraction of sp³-hybridized carbons (Fsp3) is 0.882. The molecule has 3 nitrogen and oxygen atoms in total. The van der Waals surface area contributed by atoms with Gasteiger partial charge in [-0.15, -0.1) is 0 Å². The second kappa shape index (κ2) is 6.59. The van der Waals surface area contributed by atoms with Crippen LogP contribution in [0.15, 0.2) is 11.6 Å². The lowest BCUT2D eigenvalue weighted by Crippen LogP contribution is -2.40. The summed E-state index contributed by atoms with van der Waals surface area (Å²) >= 11 is 0. The van der Waals surface area contributed by atoms with Gasteiger partial charge < -0.3 is 15.1 Å². The molecule has 2 fully saturated rings. The third-order valence-electron chi connectivity index (χ3n) is 4.93. The van der Waals surface area contributed by atoms with Gasteiger partial charge in [0.25, 0.3) is 0 Å². The van der Waals surface area contributed by atoms with E-state index < -0.39 is 11.2 Å². The van der Waals surface area contributed by atoms with Gasteiger partial charge >= 0.3 is 0 Å². The first kappa shape index (κ1) is 16.0. The molecule has 0 heterocycles. The number of rotatable bonds is 4. The van der Waals surface area contributed by atoms with E-state index in [9.17, 15) is 10.2 Å². The van der Waals surface area contributed by atoms with Gasteiger partial charge in [-0.25, -0.2) is 0 Å². The molecule has 0 aromatic rings. The van der Waals surface area contributed by atoms with Crippen LogP contribution in [0, 0.1) is 0 Å². The molecule has 0 saturated heterocycles. The van der Waals surface area contributed by atoms with Crippen LogP contribution in [0.4, 0.5) is 0 Å². The van der Waals surface area contributed by atoms with Crippen LogP contribution in [0.1, 0.15) is 64.2 Å². The van der Waals surface area contributed by atoms with Crippen molar-refractivity contribution in [3.05, 3.63) is 11.6 Å². The van der Waals surface area contributed by atoms with Crippen molar-refractivity contribution in [2.45, 2.75) is 75.4 Å². The molecule has 0 spiro atoms. The van der Waals surface area contributed by atoms with E-state index in [1.165, 1.54) is 12.8 Å². The second-order valence-electron chi connectivity index (χ2n) is 7.16. The van der Waals surface area contributed by atoms with Crippen molar-refractivity contribution >= 4 is 0 Å². The maximum Gasteiger partial charge on any atom is 0.0870 e. The van der Waals surface area contributed by atoms with Crippen molar-refractivity contribution in [1.82, 2.24) is 4.90 Å². The standard InChI is InChI=1S/C17H31NO2/c1-18(2)14-15(17(20)11-7-4-8-12-17)13-16(19)9-5-3-6-10-16/h13,19-20H,3-12,14H2,1-2H3/b15-13+. The predicted octanol–water partition coefficient (Wildman–Crippen LogP) is 2.86. The third-order valence-corrected chi connectivity index (χ3v) is 4.93. The van der Waals surface area contributed by atoms with Crippen LogP contribution in [-0.4, -0.2) is 47.0 Å². The van der Waals surface area contributed by atoms with E-state index in [0.29, 0.717) is 0 Å². The Bertz CT molecular complexity index is 337. The lowest BCUT2D eigenvalue weighted by atomic mass is 9.75. The van der Waals surface area contributed by atoms with Crippen LogP contribution in [0.2, 0.25) is 0 Å². The van der Waals surface area contributed by atoms with Crippen LogP contribution >= 0.6 is 0 Å². The number of nitrogens with zero attached hydrogens (tertiary/aromatic N) is 1. The van der Waals surface area contributed by atoms with Crippen LogP contribution < -0.4 is 0 Å². The van der Waals surface area contributed by atoms with Gasteiger partial charge in [0, 0.05) is 6.54 Å². The number of hydrogen-bond donors (Lipinski definition) is 2. The summed E-state index contributed by atoms with van der Waals surface area (Å²) in [5.74, 6) is 0. The Morgan fingerprint density at radius 1 is 0.900 bits per heavy atom. The molecular weight excluding hydrogens is 250 g/mol. The number of aliphatic hydroxyl groups is 2. The highest BCUT2D eigenvalue weighted by molar-refractivity contribution is 5.24. The van der Waals surface area contributed by atoms with E-state index >= 15 is 0 Å². The Labute approximate surface area is 123 Å². The summed E-state index contributed by atoms with van der Waals surface area (Å²) in [6.07, 6.45) is 12.3. The molecule has 116 valence electrons. The van der Waals surface area contributed by atoms with Crippen molar-refractivity contribution in [3.63, 3.8) is 0 Å². The molecule has 2 N–H and O–H groups in total. The molecule has 0 bridgehead atoms. The minimum absolute atomic E-state index is 0.684. The monoisotopic (exact) mass is 281 g/mol. The predicted molar refractivity (Wildman–Crippen MR) is 82.7 cm³/mol. The van der Waals surface area contributed by atoms with E-state index in [2.05, 4.69) is 4.90 Å². The fourth-order valence-electron chi connectivity index (χ4n) is 3.76. The molecule has 2 aliphatic carbocycles. The van der Waals surface area contributed by atoms with E-state index in [4.69, 9.17) is 0 Å². The highest BCUT2D eigenvalue weighted by Crippen LogP contribution is 2.38. The van der Waals surface area contributed by atoms with Gasteiger partial charge in [0.05, 0.1) is 11.2 Å². The first-order valence-electron chi connectivity index (χ1n) is 8.25. The van der Waals surface area contributed by atoms with Crippen molar-refractivity contribution in [3.8, 4) is 0 Å². The molecule has 0 amide bonds. The van der Waals surface area contributed by atoms with Gasteiger partial charge in [0.2, 0.25) is 0 Å². The summed E-state index contributed by atoms with van der Waals surface area (Å²) in [5, 5.41) is 21.8. The van der Waals surface area contributed by atoms with Crippen molar-refractivity contribution in [2.75, 3.05) is 20.6 Å². The SMILES string of the molecule is CN(C)C/C(=C\C1(O)CCCCC1)C1(O)CCCCC1. The van der Waals surface area contributed by atoms with E-state index in [0.717, 1.165) is 63.5 Å². The molecule has 0 aromatic heterocycles. The fourth-order valence-corrected chi connectivity index (χ4v) is 3.76. The Morgan fingerprint density at radius 2 is 1.40 bits per heavy atom. The normalized spacial score (nSPS) is 26.8. The van der Waals surface area contributed by atoms with Gasteiger partial charge in [0.15, 0.2) is 0 Å². The van der Waals surface area contributed by atoms with Gasteiger partial charge in [0.1, 0.15) is 0 Å². The van der Waals surface area contributed by atoms with E-state index in [1.807, 2.05) is 20.2 Å². The highest BCUT2D eigenvalue weighted by atomic mass is 16.3. The molecule has 0 aromatic carbocycles. The minimum atomic E-state index is -0.685. The van der Waals surface area contributed by atoms with Crippen molar-refractivity contribution in [1.29, 1.82) is 0 Å². The van der Waals surface area contributed by atoms with Crippen LogP contribution in [-0.2, 0) is 0 Å². The van der Waals surface area contributed by atoms with E-state index in [-0.39, 0.29) is 0 Å². The lowest BCUT2D eigenvalue weighted by Gasteiger charge is -2.38. The molecule has 0 aliphatic heterocycles. The lowest BCUT2D eigenvalue weighted by molar-refractivity contribution is 0.0209. The van der Waals surface area contributed by atoms with Crippen LogP contribution in [0.5, 0.6) is 0 Å². The van der Waals surface area contributed by atoms with Crippen LogP contribution in [0.3, 0.4) is 0 Å². The Morgan fingerprint density at radius 3 is 1.90 bits per heavy atom. The molecule has 2 rings (SSSR count). The summed E-state index contributed by atoms with van der Waals surface area (Å²) in [6.45, 7) is 0.749. The zero-order chi connectivity index (χ0) is 14.6. The first-order chi connectivity index (χ1) is 9.44. The van der Waals surface area contributed by atoms with Gasteiger partial charge in [-0.3, -0.25) is 0 Å². The molecule has 0 unspecified atom stereocenters. The maximum absolute atomic E-state index is 11.0. The zero-order valence-electron chi connectivity index (χ0n) is 13.2. The number of likely N-dealkylation sites (N-methyl/N-ethyl adjacent to an activating group) is 1. The first-order valence-corrected chi connectivity index (χ1v) is 8.25. The Balaban J connectivity index is 2.21. The summed E-state index contributed by atoms with van der Waals surface area (Å²) in [7, 11) is 4.07. The molecular formula is C17H31NO2. The molecule has 20 heavy (non-hydrogen) atoms. The number of hydrogen-bond acceptors (Lipinski definition) is 3. The highest BCUT2D eigenvalue weighted by Gasteiger charge is 2.36. The summed E-state index contributed by atoms with van der Waals surface area (Å²) < 4.78 is 0. The van der Waals surface area contributed by atoms with E-state index in [1.54, 1.807) is 0 Å².